The number of hydrogen-bond acceptors (Lipinski definition) is 3. The summed E-state index contributed by atoms with van der Waals surface area (Å²) in [5, 5.41) is 5.24. The molecule has 0 radical (unpaired) electrons. The van der Waals surface area contributed by atoms with Gasteiger partial charge in [-0.25, -0.2) is 0 Å². The summed E-state index contributed by atoms with van der Waals surface area (Å²) >= 11 is 1.94. The fourth-order valence-corrected chi connectivity index (χ4v) is 5.57. The van der Waals surface area contributed by atoms with E-state index in [9.17, 15) is 0 Å². The number of rotatable bonds is 6. The van der Waals surface area contributed by atoms with E-state index in [-0.39, 0.29) is 0 Å². The van der Waals surface area contributed by atoms with E-state index in [0.717, 1.165) is 0 Å². The molecule has 4 rings (SSSR count). The Morgan fingerprint density at radius 1 is 0.548 bits per heavy atom. The van der Waals surface area contributed by atoms with Crippen molar-refractivity contribution in [1.29, 1.82) is 0 Å². The van der Waals surface area contributed by atoms with Crippen molar-refractivity contribution in [3.05, 3.63) is 83.9 Å². The fourth-order valence-electron chi connectivity index (χ4n) is 4.06. The molecule has 0 aliphatic rings. The van der Waals surface area contributed by atoms with Crippen LogP contribution in [0.5, 0.6) is 0 Å². The van der Waals surface area contributed by atoms with Gasteiger partial charge in [0, 0.05) is 21.9 Å². The van der Waals surface area contributed by atoms with E-state index in [4.69, 9.17) is 0 Å². The molecule has 0 fully saturated rings. The maximum absolute atomic E-state index is 2.31. The van der Waals surface area contributed by atoms with Crippen molar-refractivity contribution in [3.8, 4) is 0 Å². The Morgan fingerprint density at radius 2 is 0.935 bits per heavy atom. The maximum Gasteiger partial charge on any atom is 0.0325 e. The lowest BCUT2D eigenvalue weighted by Crippen LogP contribution is -2.18. The Labute approximate surface area is 190 Å². The quantitative estimate of drug-likeness (QED) is 0.316. The molecular formula is C28H32N2S. The van der Waals surface area contributed by atoms with Crippen LogP contribution >= 0.6 is 11.8 Å². The molecule has 0 saturated heterocycles. The summed E-state index contributed by atoms with van der Waals surface area (Å²) in [5.74, 6) is 0. The standard InChI is InChI=1S/C28H32N2S/c1-19(29(3)4)23-17-15-21-11-7-9-13-25(21)27(23)31-28-24(20(2)30(5)6)18-16-22-12-8-10-14-26(22)28/h7-20H,1-6H3. The summed E-state index contributed by atoms with van der Waals surface area (Å²) in [5.41, 5.74) is 2.76. The van der Waals surface area contributed by atoms with Crippen LogP contribution < -0.4 is 0 Å². The van der Waals surface area contributed by atoms with Crippen LogP contribution in [0.2, 0.25) is 0 Å². The van der Waals surface area contributed by atoms with E-state index in [1.165, 1.54) is 42.5 Å². The van der Waals surface area contributed by atoms with E-state index in [0.29, 0.717) is 12.1 Å². The number of fused-ring (bicyclic) bond motifs is 2. The van der Waals surface area contributed by atoms with Crippen LogP contribution in [0.1, 0.15) is 37.1 Å². The molecule has 2 nitrogen and oxygen atoms in total. The Morgan fingerprint density at radius 3 is 1.32 bits per heavy atom. The Hall–Kier alpha value is -2.33. The minimum absolute atomic E-state index is 0.330. The molecule has 160 valence electrons. The zero-order chi connectivity index (χ0) is 22.1. The lowest BCUT2D eigenvalue weighted by atomic mass is 10.0. The van der Waals surface area contributed by atoms with E-state index in [2.05, 4.69) is 125 Å². The zero-order valence-electron chi connectivity index (χ0n) is 19.4. The van der Waals surface area contributed by atoms with Crippen LogP contribution in [0.4, 0.5) is 0 Å². The second-order valence-corrected chi connectivity index (χ2v) is 9.81. The SMILES string of the molecule is CC(c1ccc2ccccc2c1Sc1c(C(C)N(C)C)ccc2ccccc12)N(C)C. The van der Waals surface area contributed by atoms with Gasteiger partial charge in [0.15, 0.2) is 0 Å². The number of benzene rings is 4. The first kappa shape index (κ1) is 21.9. The molecule has 0 saturated carbocycles. The normalized spacial score (nSPS) is 13.9. The highest BCUT2D eigenvalue weighted by Crippen LogP contribution is 2.45. The van der Waals surface area contributed by atoms with Crippen LogP contribution in [0.15, 0.2) is 82.6 Å². The Bertz CT molecular complexity index is 1120. The minimum atomic E-state index is 0.330. The highest BCUT2D eigenvalue weighted by molar-refractivity contribution is 8.00. The Balaban J connectivity index is 1.99. The lowest BCUT2D eigenvalue weighted by Gasteiger charge is -2.27. The van der Waals surface area contributed by atoms with Crippen LogP contribution in [0.25, 0.3) is 21.5 Å². The summed E-state index contributed by atoms with van der Waals surface area (Å²) in [4.78, 5) is 7.31. The van der Waals surface area contributed by atoms with Gasteiger partial charge >= 0.3 is 0 Å². The molecular weight excluding hydrogens is 396 g/mol. The third-order valence-electron chi connectivity index (χ3n) is 6.47. The van der Waals surface area contributed by atoms with Crippen molar-refractivity contribution in [2.75, 3.05) is 28.2 Å². The first-order chi connectivity index (χ1) is 14.9. The van der Waals surface area contributed by atoms with E-state index >= 15 is 0 Å². The van der Waals surface area contributed by atoms with Gasteiger partial charge in [-0.15, -0.1) is 0 Å². The van der Waals surface area contributed by atoms with Gasteiger partial charge < -0.3 is 9.80 Å². The van der Waals surface area contributed by atoms with E-state index < -0.39 is 0 Å². The van der Waals surface area contributed by atoms with Gasteiger partial charge in [-0.2, -0.15) is 0 Å². The Kier molecular flexibility index (Phi) is 6.38. The fraction of sp³-hybridized carbons (Fsp3) is 0.286. The second-order valence-electron chi connectivity index (χ2n) is 8.79. The molecule has 0 bridgehead atoms. The van der Waals surface area contributed by atoms with Crippen molar-refractivity contribution < 1.29 is 0 Å². The molecule has 2 atom stereocenters. The minimum Gasteiger partial charge on any atom is -0.303 e. The molecule has 31 heavy (non-hydrogen) atoms. The molecule has 4 aromatic rings. The van der Waals surface area contributed by atoms with Crippen LogP contribution in [-0.2, 0) is 0 Å². The summed E-state index contributed by atoms with van der Waals surface area (Å²) in [6.45, 7) is 4.58. The molecule has 0 aliphatic heterocycles. The summed E-state index contributed by atoms with van der Waals surface area (Å²) in [6, 6.07) is 27.4. The third kappa shape index (κ3) is 4.23. The molecule has 2 unspecified atom stereocenters. The first-order valence-corrected chi connectivity index (χ1v) is 11.7. The highest BCUT2D eigenvalue weighted by Gasteiger charge is 2.21. The number of hydrogen-bond donors (Lipinski definition) is 0. The molecule has 0 aromatic heterocycles. The number of nitrogens with zero attached hydrogens (tertiary/aromatic N) is 2. The van der Waals surface area contributed by atoms with E-state index in [1.54, 1.807) is 0 Å². The van der Waals surface area contributed by atoms with Crippen LogP contribution in [-0.4, -0.2) is 38.0 Å². The predicted octanol–water partition coefficient (Wildman–Crippen LogP) is 7.39. The van der Waals surface area contributed by atoms with Gasteiger partial charge in [-0.05, 0) is 74.7 Å². The molecule has 0 N–H and O–H groups in total. The summed E-state index contributed by atoms with van der Waals surface area (Å²) < 4.78 is 0. The van der Waals surface area contributed by atoms with Gasteiger partial charge in [-0.3, -0.25) is 0 Å². The van der Waals surface area contributed by atoms with Crippen LogP contribution in [0.3, 0.4) is 0 Å². The average Bonchev–Trinajstić information content (AvgIpc) is 2.78. The zero-order valence-corrected chi connectivity index (χ0v) is 20.2. The molecule has 3 heteroatoms. The van der Waals surface area contributed by atoms with Gasteiger partial charge in [0.2, 0.25) is 0 Å². The largest absolute Gasteiger partial charge is 0.303 e. The van der Waals surface area contributed by atoms with Gasteiger partial charge in [0.1, 0.15) is 0 Å². The lowest BCUT2D eigenvalue weighted by molar-refractivity contribution is 0.317. The average molecular weight is 429 g/mol. The molecule has 0 spiro atoms. The third-order valence-corrected chi connectivity index (χ3v) is 7.79. The van der Waals surface area contributed by atoms with E-state index in [1.807, 2.05) is 11.8 Å². The first-order valence-electron chi connectivity index (χ1n) is 10.9. The summed E-state index contributed by atoms with van der Waals surface area (Å²) in [7, 11) is 8.63. The van der Waals surface area contributed by atoms with Gasteiger partial charge in [0.05, 0.1) is 0 Å². The van der Waals surface area contributed by atoms with Crippen molar-refractivity contribution >= 4 is 33.3 Å². The topological polar surface area (TPSA) is 6.48 Å². The smallest absolute Gasteiger partial charge is 0.0325 e. The predicted molar refractivity (Wildman–Crippen MR) is 136 cm³/mol. The maximum atomic E-state index is 2.31. The molecule has 0 aliphatic carbocycles. The monoisotopic (exact) mass is 428 g/mol. The van der Waals surface area contributed by atoms with Crippen molar-refractivity contribution in [3.63, 3.8) is 0 Å². The molecule has 0 heterocycles. The van der Waals surface area contributed by atoms with Crippen LogP contribution in [0, 0.1) is 0 Å². The summed E-state index contributed by atoms with van der Waals surface area (Å²) in [6.07, 6.45) is 0. The second kappa shape index (κ2) is 9.04. The van der Waals surface area contributed by atoms with Crippen molar-refractivity contribution in [2.45, 2.75) is 35.7 Å². The van der Waals surface area contributed by atoms with Gasteiger partial charge in [0.25, 0.3) is 0 Å². The molecule has 0 amide bonds. The van der Waals surface area contributed by atoms with Gasteiger partial charge in [-0.1, -0.05) is 84.6 Å². The highest BCUT2D eigenvalue weighted by atomic mass is 32.2. The van der Waals surface area contributed by atoms with Crippen molar-refractivity contribution in [1.82, 2.24) is 9.80 Å². The molecule has 4 aromatic carbocycles. The van der Waals surface area contributed by atoms with Crippen molar-refractivity contribution in [2.24, 2.45) is 0 Å².